The molecule has 0 aliphatic rings. The fourth-order valence-corrected chi connectivity index (χ4v) is 1.89. The van der Waals surface area contributed by atoms with E-state index in [1.807, 2.05) is 13.0 Å². The maximum atomic E-state index is 12.2. The first-order chi connectivity index (χ1) is 8.58. The van der Waals surface area contributed by atoms with Crippen molar-refractivity contribution in [1.82, 2.24) is 5.32 Å². The predicted molar refractivity (Wildman–Crippen MR) is 73.6 cm³/mol. The minimum absolute atomic E-state index is 0.0494. The van der Waals surface area contributed by atoms with Gasteiger partial charge in [0.15, 0.2) is 0 Å². The van der Waals surface area contributed by atoms with E-state index in [2.05, 4.69) is 12.2 Å². The van der Waals surface area contributed by atoms with Crippen molar-refractivity contribution >= 4 is 11.6 Å². The first kappa shape index (κ1) is 14.5. The van der Waals surface area contributed by atoms with Crippen LogP contribution < -0.4 is 11.1 Å². The van der Waals surface area contributed by atoms with Crippen molar-refractivity contribution in [3.8, 4) is 0 Å². The second-order valence-electron chi connectivity index (χ2n) is 4.49. The summed E-state index contributed by atoms with van der Waals surface area (Å²) in [5.41, 5.74) is 7.87. The van der Waals surface area contributed by atoms with Gasteiger partial charge in [0.05, 0.1) is 12.6 Å². The molecule has 3 N–H and O–H groups in total. The summed E-state index contributed by atoms with van der Waals surface area (Å²) in [4.78, 5) is 12.2. The highest BCUT2D eigenvalue weighted by atomic mass is 16.5. The molecule has 1 unspecified atom stereocenters. The number of hydrogen-bond acceptors (Lipinski definition) is 3. The molecule has 0 spiro atoms. The van der Waals surface area contributed by atoms with Gasteiger partial charge in [0.1, 0.15) is 0 Å². The Morgan fingerprint density at radius 2 is 2.22 bits per heavy atom. The second kappa shape index (κ2) is 7.01. The molecular formula is C14H22N2O2. The Hall–Kier alpha value is -1.55. The molecular weight excluding hydrogens is 228 g/mol. The SMILES string of the molecule is CCCC(COC)NC(=O)c1cc(N)ccc1C. The molecule has 0 aromatic heterocycles. The summed E-state index contributed by atoms with van der Waals surface area (Å²) in [5.74, 6) is -0.0877. The number of nitrogen functional groups attached to an aromatic ring is 1. The van der Waals surface area contributed by atoms with Gasteiger partial charge < -0.3 is 15.8 Å². The highest BCUT2D eigenvalue weighted by Crippen LogP contribution is 2.13. The number of benzene rings is 1. The lowest BCUT2D eigenvalue weighted by Crippen LogP contribution is -2.38. The Kier molecular flexibility index (Phi) is 5.65. The summed E-state index contributed by atoms with van der Waals surface area (Å²) in [7, 11) is 1.64. The standard InChI is InChI=1S/C14H22N2O2/c1-4-5-12(9-18-3)16-14(17)13-8-11(15)7-6-10(13)2/h6-8,12H,4-5,9,15H2,1-3H3,(H,16,17). The van der Waals surface area contributed by atoms with Crippen molar-refractivity contribution < 1.29 is 9.53 Å². The van der Waals surface area contributed by atoms with Gasteiger partial charge in [-0.15, -0.1) is 0 Å². The van der Waals surface area contributed by atoms with Crippen LogP contribution in [0, 0.1) is 6.92 Å². The smallest absolute Gasteiger partial charge is 0.251 e. The van der Waals surface area contributed by atoms with Crippen LogP contribution in [0.5, 0.6) is 0 Å². The van der Waals surface area contributed by atoms with Crippen molar-refractivity contribution in [3.63, 3.8) is 0 Å². The van der Waals surface area contributed by atoms with Gasteiger partial charge >= 0.3 is 0 Å². The molecule has 0 aliphatic carbocycles. The van der Waals surface area contributed by atoms with Crippen LogP contribution in [0.3, 0.4) is 0 Å². The van der Waals surface area contributed by atoms with Crippen LogP contribution in [0.2, 0.25) is 0 Å². The van der Waals surface area contributed by atoms with Gasteiger partial charge in [-0.2, -0.15) is 0 Å². The Bertz CT molecular complexity index is 399. The number of nitrogens with one attached hydrogen (secondary N) is 1. The van der Waals surface area contributed by atoms with Gasteiger partial charge in [0.2, 0.25) is 0 Å². The number of anilines is 1. The van der Waals surface area contributed by atoms with E-state index in [0.29, 0.717) is 17.9 Å². The van der Waals surface area contributed by atoms with Crippen LogP contribution in [0.25, 0.3) is 0 Å². The van der Waals surface area contributed by atoms with E-state index in [0.717, 1.165) is 18.4 Å². The van der Waals surface area contributed by atoms with Crippen molar-refractivity contribution in [2.24, 2.45) is 0 Å². The van der Waals surface area contributed by atoms with E-state index in [1.54, 1.807) is 19.2 Å². The summed E-state index contributed by atoms with van der Waals surface area (Å²) in [5, 5.41) is 2.98. The minimum atomic E-state index is -0.0877. The molecule has 4 nitrogen and oxygen atoms in total. The third kappa shape index (κ3) is 4.04. The molecule has 0 fully saturated rings. The third-order valence-electron chi connectivity index (χ3n) is 2.85. The molecule has 18 heavy (non-hydrogen) atoms. The van der Waals surface area contributed by atoms with Crippen LogP contribution in [0.1, 0.15) is 35.7 Å². The number of carbonyl (C=O) groups excluding carboxylic acids is 1. The number of amides is 1. The van der Waals surface area contributed by atoms with Crippen molar-refractivity contribution in [1.29, 1.82) is 0 Å². The summed E-state index contributed by atoms with van der Waals surface area (Å²) >= 11 is 0. The highest BCUT2D eigenvalue weighted by molar-refractivity contribution is 5.96. The average molecular weight is 250 g/mol. The quantitative estimate of drug-likeness (QED) is 0.760. The topological polar surface area (TPSA) is 64.3 Å². The number of methoxy groups -OCH3 is 1. The van der Waals surface area contributed by atoms with Gasteiger partial charge in [-0.3, -0.25) is 4.79 Å². The Labute approximate surface area is 109 Å². The van der Waals surface area contributed by atoms with E-state index in [9.17, 15) is 4.79 Å². The maximum Gasteiger partial charge on any atom is 0.251 e. The van der Waals surface area contributed by atoms with Crippen LogP contribution in [-0.4, -0.2) is 25.7 Å². The first-order valence-electron chi connectivity index (χ1n) is 6.24. The lowest BCUT2D eigenvalue weighted by atomic mass is 10.1. The number of aryl methyl sites for hydroxylation is 1. The third-order valence-corrected chi connectivity index (χ3v) is 2.85. The van der Waals surface area contributed by atoms with Crippen molar-refractivity contribution in [2.75, 3.05) is 19.5 Å². The monoisotopic (exact) mass is 250 g/mol. The minimum Gasteiger partial charge on any atom is -0.399 e. The number of rotatable bonds is 6. The van der Waals surface area contributed by atoms with Gasteiger partial charge in [-0.1, -0.05) is 19.4 Å². The van der Waals surface area contributed by atoms with Gasteiger partial charge in [0.25, 0.3) is 5.91 Å². The van der Waals surface area contributed by atoms with E-state index in [4.69, 9.17) is 10.5 Å². The Morgan fingerprint density at radius 1 is 1.50 bits per heavy atom. The van der Waals surface area contributed by atoms with Gasteiger partial charge in [-0.25, -0.2) is 0 Å². The van der Waals surface area contributed by atoms with Crippen molar-refractivity contribution in [2.45, 2.75) is 32.7 Å². The molecule has 1 amide bonds. The number of ether oxygens (including phenoxy) is 1. The van der Waals surface area contributed by atoms with Crippen LogP contribution in [0.4, 0.5) is 5.69 Å². The van der Waals surface area contributed by atoms with Crippen LogP contribution >= 0.6 is 0 Å². The summed E-state index contributed by atoms with van der Waals surface area (Å²) in [6, 6.07) is 5.41. The fraction of sp³-hybridized carbons (Fsp3) is 0.500. The maximum absolute atomic E-state index is 12.2. The molecule has 0 radical (unpaired) electrons. The summed E-state index contributed by atoms with van der Waals surface area (Å²) < 4.78 is 5.11. The van der Waals surface area contributed by atoms with Gasteiger partial charge in [-0.05, 0) is 31.0 Å². The van der Waals surface area contributed by atoms with Crippen LogP contribution in [-0.2, 0) is 4.74 Å². The largest absolute Gasteiger partial charge is 0.399 e. The van der Waals surface area contributed by atoms with Crippen LogP contribution in [0.15, 0.2) is 18.2 Å². The first-order valence-corrected chi connectivity index (χ1v) is 6.24. The van der Waals surface area contributed by atoms with Crippen molar-refractivity contribution in [3.05, 3.63) is 29.3 Å². The normalized spacial score (nSPS) is 12.2. The lowest BCUT2D eigenvalue weighted by Gasteiger charge is -2.18. The number of carbonyl (C=O) groups is 1. The number of hydrogen-bond donors (Lipinski definition) is 2. The zero-order chi connectivity index (χ0) is 13.5. The Morgan fingerprint density at radius 3 is 2.83 bits per heavy atom. The average Bonchev–Trinajstić information content (AvgIpc) is 2.33. The molecule has 0 aliphatic heterocycles. The molecule has 1 aromatic rings. The molecule has 1 atom stereocenters. The summed E-state index contributed by atoms with van der Waals surface area (Å²) in [6.45, 7) is 4.51. The highest BCUT2D eigenvalue weighted by Gasteiger charge is 2.14. The molecule has 4 heteroatoms. The molecule has 1 aromatic carbocycles. The lowest BCUT2D eigenvalue weighted by molar-refractivity contribution is 0.0891. The van der Waals surface area contributed by atoms with E-state index < -0.39 is 0 Å². The summed E-state index contributed by atoms with van der Waals surface area (Å²) in [6.07, 6.45) is 1.91. The molecule has 0 heterocycles. The molecule has 0 bridgehead atoms. The molecule has 0 saturated heterocycles. The fourth-order valence-electron chi connectivity index (χ4n) is 1.89. The molecule has 0 saturated carbocycles. The van der Waals surface area contributed by atoms with E-state index >= 15 is 0 Å². The second-order valence-corrected chi connectivity index (χ2v) is 4.49. The Balaban J connectivity index is 2.76. The zero-order valence-corrected chi connectivity index (χ0v) is 11.3. The molecule has 1 rings (SSSR count). The van der Waals surface area contributed by atoms with E-state index in [1.165, 1.54) is 0 Å². The predicted octanol–water partition coefficient (Wildman–Crippen LogP) is 2.12. The van der Waals surface area contributed by atoms with E-state index in [-0.39, 0.29) is 11.9 Å². The van der Waals surface area contributed by atoms with Gasteiger partial charge in [0, 0.05) is 18.4 Å². The zero-order valence-electron chi connectivity index (χ0n) is 11.3. The molecule has 100 valence electrons. The number of nitrogens with two attached hydrogens (primary N) is 1.